The van der Waals surface area contributed by atoms with Crippen molar-refractivity contribution < 1.29 is 19.0 Å². The standard InChI is InChI=1S/C31H62N2O4/c1-4-5-6-7-8-9-10-11-12-13-14-15-16-17-18-20-26-35-28-31(23-19-21-27-37-31)29-36-30(34)32-24-22-25-33(2)3/h4-29H2,1-3H3,(H,32,34). The van der Waals surface area contributed by atoms with Crippen molar-refractivity contribution in [3.05, 3.63) is 0 Å². The summed E-state index contributed by atoms with van der Waals surface area (Å²) in [6, 6.07) is 0. The van der Waals surface area contributed by atoms with Gasteiger partial charge in [-0.05, 0) is 52.7 Å². The smallest absolute Gasteiger partial charge is 0.407 e. The molecule has 1 aliphatic heterocycles. The van der Waals surface area contributed by atoms with Crippen LogP contribution in [0.4, 0.5) is 4.79 Å². The molecule has 1 N–H and O–H groups in total. The number of amides is 1. The number of nitrogens with one attached hydrogen (secondary N) is 1. The summed E-state index contributed by atoms with van der Waals surface area (Å²) in [6.45, 7) is 6.12. The zero-order valence-electron chi connectivity index (χ0n) is 25.0. The average Bonchev–Trinajstić information content (AvgIpc) is 2.90. The van der Waals surface area contributed by atoms with Crippen molar-refractivity contribution in [1.29, 1.82) is 0 Å². The quantitative estimate of drug-likeness (QED) is 0.123. The van der Waals surface area contributed by atoms with Gasteiger partial charge in [0, 0.05) is 19.8 Å². The van der Waals surface area contributed by atoms with Gasteiger partial charge in [0.15, 0.2) is 0 Å². The molecule has 1 saturated heterocycles. The second kappa shape index (κ2) is 24.2. The summed E-state index contributed by atoms with van der Waals surface area (Å²) in [6.07, 6.45) is 25.6. The zero-order chi connectivity index (χ0) is 26.9. The summed E-state index contributed by atoms with van der Waals surface area (Å²) in [5.41, 5.74) is -0.478. The molecule has 1 unspecified atom stereocenters. The predicted molar refractivity (Wildman–Crippen MR) is 155 cm³/mol. The van der Waals surface area contributed by atoms with Crippen molar-refractivity contribution in [1.82, 2.24) is 10.2 Å². The van der Waals surface area contributed by atoms with Crippen LogP contribution in [0, 0.1) is 0 Å². The largest absolute Gasteiger partial charge is 0.446 e. The Hall–Kier alpha value is -0.850. The van der Waals surface area contributed by atoms with Gasteiger partial charge in [-0.1, -0.05) is 103 Å². The third kappa shape index (κ3) is 20.7. The van der Waals surface area contributed by atoms with Crippen LogP contribution < -0.4 is 5.32 Å². The number of nitrogens with zero attached hydrogens (tertiary/aromatic N) is 1. The molecule has 37 heavy (non-hydrogen) atoms. The van der Waals surface area contributed by atoms with Crippen molar-refractivity contribution >= 4 is 6.09 Å². The van der Waals surface area contributed by atoms with E-state index in [2.05, 4.69) is 17.1 Å². The highest BCUT2D eigenvalue weighted by Gasteiger charge is 2.35. The molecular weight excluding hydrogens is 464 g/mol. The van der Waals surface area contributed by atoms with Crippen LogP contribution in [0.1, 0.15) is 135 Å². The van der Waals surface area contributed by atoms with E-state index in [1.807, 2.05) is 14.1 Å². The molecular formula is C31H62N2O4. The monoisotopic (exact) mass is 526 g/mol. The van der Waals surface area contributed by atoms with Gasteiger partial charge in [-0.15, -0.1) is 0 Å². The molecule has 0 saturated carbocycles. The third-order valence-corrected chi connectivity index (χ3v) is 7.46. The van der Waals surface area contributed by atoms with Crippen LogP contribution in [-0.4, -0.2) is 70.2 Å². The van der Waals surface area contributed by atoms with E-state index in [1.165, 1.54) is 96.3 Å². The molecule has 1 amide bonds. The van der Waals surface area contributed by atoms with Gasteiger partial charge in [0.1, 0.15) is 12.2 Å². The predicted octanol–water partition coefficient (Wildman–Crippen LogP) is 7.88. The molecule has 220 valence electrons. The van der Waals surface area contributed by atoms with Gasteiger partial charge in [-0.3, -0.25) is 0 Å². The number of hydrogen-bond acceptors (Lipinski definition) is 5. The maximum Gasteiger partial charge on any atom is 0.407 e. The van der Waals surface area contributed by atoms with Crippen LogP contribution >= 0.6 is 0 Å². The van der Waals surface area contributed by atoms with Gasteiger partial charge in [-0.25, -0.2) is 4.79 Å². The number of rotatable bonds is 25. The van der Waals surface area contributed by atoms with Gasteiger partial charge in [0.25, 0.3) is 0 Å². The van der Waals surface area contributed by atoms with E-state index >= 15 is 0 Å². The summed E-state index contributed by atoms with van der Waals surface area (Å²) in [7, 11) is 4.06. The van der Waals surface area contributed by atoms with Gasteiger partial charge < -0.3 is 24.4 Å². The second-order valence-electron chi connectivity index (χ2n) is 11.5. The molecule has 1 fully saturated rings. The zero-order valence-corrected chi connectivity index (χ0v) is 25.0. The van der Waals surface area contributed by atoms with Crippen molar-refractivity contribution in [2.75, 3.05) is 53.6 Å². The molecule has 6 nitrogen and oxygen atoms in total. The topological polar surface area (TPSA) is 60.0 Å². The molecule has 0 radical (unpaired) electrons. The Morgan fingerprint density at radius 1 is 0.784 bits per heavy atom. The molecule has 0 aromatic rings. The fourth-order valence-corrected chi connectivity index (χ4v) is 5.02. The van der Waals surface area contributed by atoms with Gasteiger partial charge >= 0.3 is 6.09 Å². The van der Waals surface area contributed by atoms with Crippen molar-refractivity contribution in [2.45, 2.75) is 141 Å². The number of ether oxygens (including phenoxy) is 3. The van der Waals surface area contributed by atoms with E-state index in [1.54, 1.807) is 0 Å². The first-order valence-electron chi connectivity index (χ1n) is 15.8. The Morgan fingerprint density at radius 3 is 1.86 bits per heavy atom. The Labute approximate surface area is 229 Å². The van der Waals surface area contributed by atoms with E-state index in [4.69, 9.17) is 14.2 Å². The lowest BCUT2D eigenvalue weighted by atomic mass is 9.95. The van der Waals surface area contributed by atoms with Crippen molar-refractivity contribution in [3.63, 3.8) is 0 Å². The van der Waals surface area contributed by atoms with Crippen LogP contribution in [0.25, 0.3) is 0 Å². The Morgan fingerprint density at radius 2 is 1.35 bits per heavy atom. The first-order chi connectivity index (χ1) is 18.1. The highest BCUT2D eigenvalue weighted by atomic mass is 16.6. The van der Waals surface area contributed by atoms with Gasteiger partial charge in [0.2, 0.25) is 0 Å². The molecule has 0 aliphatic carbocycles. The summed E-state index contributed by atoms with van der Waals surface area (Å²) in [4.78, 5) is 14.2. The van der Waals surface area contributed by atoms with Gasteiger partial charge in [0.05, 0.1) is 6.61 Å². The number of alkyl carbamates (subject to hydrolysis) is 1. The van der Waals surface area contributed by atoms with Crippen LogP contribution in [0.15, 0.2) is 0 Å². The summed E-state index contributed by atoms with van der Waals surface area (Å²) in [5, 5.41) is 2.84. The molecule has 0 spiro atoms. The van der Waals surface area contributed by atoms with Gasteiger partial charge in [-0.2, -0.15) is 0 Å². The molecule has 1 atom stereocenters. The third-order valence-electron chi connectivity index (χ3n) is 7.46. The summed E-state index contributed by atoms with van der Waals surface area (Å²) >= 11 is 0. The van der Waals surface area contributed by atoms with Crippen LogP contribution in [0.3, 0.4) is 0 Å². The maximum atomic E-state index is 12.1. The van der Waals surface area contributed by atoms with E-state index in [0.717, 1.165) is 51.9 Å². The first kappa shape index (κ1) is 34.2. The fraction of sp³-hybridized carbons (Fsp3) is 0.968. The highest BCUT2D eigenvalue weighted by molar-refractivity contribution is 5.67. The Bertz CT molecular complexity index is 509. The molecule has 1 aliphatic rings. The van der Waals surface area contributed by atoms with E-state index in [0.29, 0.717) is 13.2 Å². The lowest BCUT2D eigenvalue weighted by molar-refractivity contribution is -0.146. The maximum absolute atomic E-state index is 12.1. The van der Waals surface area contributed by atoms with Crippen LogP contribution in [-0.2, 0) is 14.2 Å². The molecule has 6 heteroatoms. The molecule has 0 bridgehead atoms. The fourth-order valence-electron chi connectivity index (χ4n) is 5.02. The molecule has 1 heterocycles. The minimum absolute atomic E-state index is 0.269. The normalized spacial score (nSPS) is 17.8. The molecule has 0 aromatic heterocycles. The Balaban J connectivity index is 1.97. The summed E-state index contributed by atoms with van der Waals surface area (Å²) in [5.74, 6) is 0. The van der Waals surface area contributed by atoms with E-state index in [-0.39, 0.29) is 12.7 Å². The number of carbonyl (C=O) groups excluding carboxylic acids is 1. The minimum atomic E-state index is -0.478. The van der Waals surface area contributed by atoms with Crippen LogP contribution in [0.5, 0.6) is 0 Å². The first-order valence-corrected chi connectivity index (χ1v) is 15.8. The van der Waals surface area contributed by atoms with E-state index in [9.17, 15) is 4.79 Å². The average molecular weight is 527 g/mol. The van der Waals surface area contributed by atoms with E-state index < -0.39 is 5.60 Å². The summed E-state index contributed by atoms with van der Waals surface area (Å²) < 4.78 is 17.6. The lowest BCUT2D eigenvalue weighted by Gasteiger charge is -2.36. The lowest BCUT2D eigenvalue weighted by Crippen LogP contribution is -2.46. The Kier molecular flexibility index (Phi) is 22.4. The number of unbranched alkanes of at least 4 members (excludes halogenated alkanes) is 15. The number of hydrogen-bond donors (Lipinski definition) is 1. The van der Waals surface area contributed by atoms with Crippen molar-refractivity contribution in [2.24, 2.45) is 0 Å². The molecule has 0 aromatic carbocycles. The minimum Gasteiger partial charge on any atom is -0.446 e. The van der Waals surface area contributed by atoms with Crippen LogP contribution in [0.2, 0.25) is 0 Å². The highest BCUT2D eigenvalue weighted by Crippen LogP contribution is 2.26. The van der Waals surface area contributed by atoms with Crippen molar-refractivity contribution in [3.8, 4) is 0 Å². The SMILES string of the molecule is CCCCCCCCCCCCCCCCCCOCC1(COC(=O)NCCCN(C)C)CCCCO1. The molecule has 1 rings (SSSR count). The second-order valence-corrected chi connectivity index (χ2v) is 11.5. The number of carbonyl (C=O) groups is 1.